The number of hydrogen-bond acceptors (Lipinski definition) is 7. The zero-order chi connectivity index (χ0) is 25.8. The Labute approximate surface area is 214 Å². The number of aromatic nitrogens is 5. The number of aryl methyl sites for hydroxylation is 1. The molecule has 0 saturated carbocycles. The summed E-state index contributed by atoms with van der Waals surface area (Å²) in [6.45, 7) is 3.03. The zero-order valence-electron chi connectivity index (χ0n) is 20.4. The molecule has 188 valence electrons. The van der Waals surface area contributed by atoms with Crippen molar-refractivity contribution in [3.63, 3.8) is 0 Å². The maximum Gasteiger partial charge on any atom is 0.254 e. The molecule has 10 nitrogen and oxygen atoms in total. The summed E-state index contributed by atoms with van der Waals surface area (Å²) in [6, 6.07) is 15.6. The molecule has 0 aliphatic carbocycles. The number of likely N-dealkylation sites (tertiary alicyclic amines) is 1. The molecular weight excluding hydrogens is 470 g/mol. The van der Waals surface area contributed by atoms with Gasteiger partial charge in [-0.25, -0.2) is 14.6 Å². The normalized spacial score (nSPS) is 15.4. The smallest absolute Gasteiger partial charge is 0.254 e. The second-order valence-electron chi connectivity index (χ2n) is 9.00. The topological polar surface area (TPSA) is 129 Å². The summed E-state index contributed by atoms with van der Waals surface area (Å²) in [5.41, 5.74) is 8.03. The lowest BCUT2D eigenvalue weighted by molar-refractivity contribution is 0.0598. The number of benzene rings is 2. The van der Waals surface area contributed by atoms with Crippen molar-refractivity contribution in [1.29, 1.82) is 0 Å². The molecule has 1 saturated heterocycles. The molecule has 4 aromatic rings. The highest BCUT2D eigenvalue weighted by Gasteiger charge is 2.31. The number of rotatable bonds is 7. The first-order valence-corrected chi connectivity index (χ1v) is 12.1. The molecule has 2 amide bonds. The number of piperidine rings is 1. The number of primary amides is 1. The van der Waals surface area contributed by atoms with Crippen LogP contribution >= 0.6 is 0 Å². The van der Waals surface area contributed by atoms with Gasteiger partial charge in [-0.2, -0.15) is 10.1 Å². The Kier molecular flexibility index (Phi) is 6.89. The maximum absolute atomic E-state index is 13.7. The van der Waals surface area contributed by atoms with Crippen LogP contribution in [0.2, 0.25) is 0 Å². The van der Waals surface area contributed by atoms with Gasteiger partial charge < -0.3 is 15.4 Å². The predicted molar refractivity (Wildman–Crippen MR) is 135 cm³/mol. The van der Waals surface area contributed by atoms with E-state index in [1.165, 1.54) is 6.33 Å². The van der Waals surface area contributed by atoms with E-state index in [1.807, 2.05) is 36.1 Å². The highest BCUT2D eigenvalue weighted by atomic mass is 16.5. The SMILES string of the molecule is Cc1cc(Oc2ccc(C(N)=O)cc2)nc([C@@H]2CCCCN2C(=O)c2cccc(Cn3cncn3)c2)n1. The van der Waals surface area contributed by atoms with Crippen LogP contribution in [-0.2, 0) is 6.54 Å². The minimum atomic E-state index is -0.502. The number of nitrogens with two attached hydrogens (primary N) is 1. The van der Waals surface area contributed by atoms with Crippen LogP contribution in [0.4, 0.5) is 0 Å². The second-order valence-corrected chi connectivity index (χ2v) is 9.00. The molecule has 0 unspecified atom stereocenters. The molecule has 2 aromatic heterocycles. The van der Waals surface area contributed by atoms with E-state index in [0.717, 1.165) is 30.5 Å². The Morgan fingerprint density at radius 1 is 1.05 bits per heavy atom. The minimum Gasteiger partial charge on any atom is -0.439 e. The van der Waals surface area contributed by atoms with E-state index < -0.39 is 5.91 Å². The van der Waals surface area contributed by atoms with Gasteiger partial charge in [0.25, 0.3) is 5.91 Å². The Hall–Kier alpha value is -4.60. The van der Waals surface area contributed by atoms with E-state index in [9.17, 15) is 9.59 Å². The van der Waals surface area contributed by atoms with E-state index in [2.05, 4.69) is 20.1 Å². The van der Waals surface area contributed by atoms with Crippen molar-refractivity contribution in [2.45, 2.75) is 38.8 Å². The quantitative estimate of drug-likeness (QED) is 0.412. The number of amides is 2. The van der Waals surface area contributed by atoms with Crippen LogP contribution in [0.5, 0.6) is 11.6 Å². The molecule has 0 radical (unpaired) electrons. The fourth-order valence-corrected chi connectivity index (χ4v) is 4.48. The van der Waals surface area contributed by atoms with Crippen molar-refractivity contribution in [1.82, 2.24) is 29.6 Å². The molecule has 1 aliphatic rings. The fourth-order valence-electron chi connectivity index (χ4n) is 4.48. The molecule has 10 heteroatoms. The molecule has 1 atom stereocenters. The molecule has 5 rings (SSSR count). The molecule has 2 aromatic carbocycles. The Balaban J connectivity index is 1.38. The fraction of sp³-hybridized carbons (Fsp3) is 0.259. The third-order valence-electron chi connectivity index (χ3n) is 6.26. The third-order valence-corrected chi connectivity index (χ3v) is 6.26. The summed E-state index contributed by atoms with van der Waals surface area (Å²) in [7, 11) is 0. The number of ether oxygens (including phenoxy) is 1. The van der Waals surface area contributed by atoms with E-state index in [1.54, 1.807) is 41.3 Å². The number of nitrogens with zero attached hydrogens (tertiary/aromatic N) is 6. The van der Waals surface area contributed by atoms with Gasteiger partial charge in [0.05, 0.1) is 12.6 Å². The first kappa shape index (κ1) is 24.1. The van der Waals surface area contributed by atoms with Crippen LogP contribution in [-0.4, -0.2) is 48.0 Å². The van der Waals surface area contributed by atoms with Crippen molar-refractivity contribution in [2.75, 3.05) is 6.54 Å². The molecule has 37 heavy (non-hydrogen) atoms. The van der Waals surface area contributed by atoms with Gasteiger partial charge in [-0.3, -0.25) is 9.59 Å². The van der Waals surface area contributed by atoms with Crippen molar-refractivity contribution in [2.24, 2.45) is 5.73 Å². The Morgan fingerprint density at radius 2 is 1.89 bits per heavy atom. The second kappa shape index (κ2) is 10.6. The van der Waals surface area contributed by atoms with Crippen LogP contribution in [0.1, 0.15) is 63.1 Å². The first-order chi connectivity index (χ1) is 18.0. The summed E-state index contributed by atoms with van der Waals surface area (Å²) in [5, 5.41) is 4.15. The van der Waals surface area contributed by atoms with Gasteiger partial charge in [0.1, 0.15) is 18.4 Å². The van der Waals surface area contributed by atoms with Gasteiger partial charge in [0, 0.05) is 29.4 Å². The number of carbonyl (C=O) groups excluding carboxylic acids is 2. The largest absolute Gasteiger partial charge is 0.439 e. The number of hydrogen-bond donors (Lipinski definition) is 1. The summed E-state index contributed by atoms with van der Waals surface area (Å²) in [5.74, 6) is 0.894. The molecule has 0 bridgehead atoms. The average Bonchev–Trinajstić information content (AvgIpc) is 3.41. The molecular formula is C27H27N7O3. The summed E-state index contributed by atoms with van der Waals surface area (Å²) in [6.07, 6.45) is 5.80. The van der Waals surface area contributed by atoms with E-state index in [4.69, 9.17) is 10.5 Å². The van der Waals surface area contributed by atoms with Crippen molar-refractivity contribution in [3.05, 3.63) is 95.5 Å². The summed E-state index contributed by atoms with van der Waals surface area (Å²) < 4.78 is 7.67. The monoisotopic (exact) mass is 497 g/mol. The Morgan fingerprint density at radius 3 is 2.65 bits per heavy atom. The van der Waals surface area contributed by atoms with Crippen LogP contribution in [0.15, 0.2) is 67.3 Å². The maximum atomic E-state index is 13.7. The van der Waals surface area contributed by atoms with Gasteiger partial charge in [0.2, 0.25) is 11.8 Å². The van der Waals surface area contributed by atoms with Crippen LogP contribution < -0.4 is 10.5 Å². The molecule has 1 fully saturated rings. The lowest BCUT2D eigenvalue weighted by atomic mass is 9.99. The molecule has 1 aliphatic heterocycles. The highest BCUT2D eigenvalue weighted by molar-refractivity contribution is 5.94. The van der Waals surface area contributed by atoms with E-state index in [0.29, 0.717) is 41.7 Å². The van der Waals surface area contributed by atoms with Crippen molar-refractivity contribution < 1.29 is 14.3 Å². The molecule has 0 spiro atoms. The Bertz CT molecular complexity index is 1400. The highest BCUT2D eigenvalue weighted by Crippen LogP contribution is 2.32. The first-order valence-electron chi connectivity index (χ1n) is 12.1. The van der Waals surface area contributed by atoms with Gasteiger partial charge >= 0.3 is 0 Å². The zero-order valence-corrected chi connectivity index (χ0v) is 20.4. The van der Waals surface area contributed by atoms with E-state index in [-0.39, 0.29) is 11.9 Å². The van der Waals surface area contributed by atoms with Gasteiger partial charge in [-0.15, -0.1) is 0 Å². The van der Waals surface area contributed by atoms with Crippen LogP contribution in [0, 0.1) is 6.92 Å². The van der Waals surface area contributed by atoms with Gasteiger partial charge in [0.15, 0.2) is 5.82 Å². The lowest BCUT2D eigenvalue weighted by Gasteiger charge is -2.35. The summed E-state index contributed by atoms with van der Waals surface area (Å²) >= 11 is 0. The van der Waals surface area contributed by atoms with Crippen molar-refractivity contribution in [3.8, 4) is 11.6 Å². The third kappa shape index (κ3) is 5.64. The summed E-state index contributed by atoms with van der Waals surface area (Å²) in [4.78, 5) is 40.2. The van der Waals surface area contributed by atoms with E-state index >= 15 is 0 Å². The van der Waals surface area contributed by atoms with Crippen molar-refractivity contribution >= 4 is 11.8 Å². The number of carbonyl (C=O) groups is 2. The molecule has 2 N–H and O–H groups in total. The standard InChI is InChI=1S/C27H27N7O3/c1-18-13-24(37-22-10-8-20(9-11-22)25(28)35)32-26(31-18)23-7-2-3-12-34(23)27(36)21-6-4-5-19(14-21)15-33-17-29-16-30-33/h4-6,8-11,13-14,16-17,23H,2-3,7,12,15H2,1H3,(H2,28,35)/t23-/m0/s1. The molecule has 3 heterocycles. The van der Waals surface area contributed by atoms with Crippen LogP contribution in [0.25, 0.3) is 0 Å². The van der Waals surface area contributed by atoms with Gasteiger partial charge in [-0.1, -0.05) is 12.1 Å². The van der Waals surface area contributed by atoms with Gasteiger partial charge in [-0.05, 0) is 68.1 Å². The minimum absolute atomic E-state index is 0.0558. The predicted octanol–water partition coefficient (Wildman–Crippen LogP) is 3.68. The van der Waals surface area contributed by atoms with Crippen LogP contribution in [0.3, 0.4) is 0 Å². The lowest BCUT2D eigenvalue weighted by Crippen LogP contribution is -2.39. The average molecular weight is 498 g/mol.